The van der Waals surface area contributed by atoms with Gasteiger partial charge < -0.3 is 9.51 Å². The van der Waals surface area contributed by atoms with Crippen molar-refractivity contribution in [3.8, 4) is 0 Å². The SMILES string of the molecule is Cc1noc(C)c1CSc1nc2nccc(C)c2[nH]1. The number of aryl methyl sites for hydroxylation is 3. The van der Waals surface area contributed by atoms with Crippen LogP contribution in [0.25, 0.3) is 11.2 Å². The van der Waals surface area contributed by atoms with E-state index in [2.05, 4.69) is 20.1 Å². The van der Waals surface area contributed by atoms with Gasteiger partial charge in [-0.05, 0) is 32.4 Å². The summed E-state index contributed by atoms with van der Waals surface area (Å²) in [5.74, 6) is 1.66. The minimum atomic E-state index is 0.765. The smallest absolute Gasteiger partial charge is 0.178 e. The topological polar surface area (TPSA) is 67.6 Å². The van der Waals surface area contributed by atoms with Gasteiger partial charge in [-0.15, -0.1) is 0 Å². The normalized spacial score (nSPS) is 11.3. The Bertz CT molecular complexity index is 712. The summed E-state index contributed by atoms with van der Waals surface area (Å²) >= 11 is 1.63. The molecule has 3 aromatic rings. The summed E-state index contributed by atoms with van der Waals surface area (Å²) in [6.45, 7) is 5.93. The fourth-order valence-electron chi connectivity index (χ4n) is 1.93. The number of imidazole rings is 1. The van der Waals surface area contributed by atoms with E-state index in [1.807, 2.05) is 26.8 Å². The van der Waals surface area contributed by atoms with Crippen LogP contribution in [0.4, 0.5) is 0 Å². The molecule has 6 heteroatoms. The maximum absolute atomic E-state index is 5.16. The number of hydrogen-bond acceptors (Lipinski definition) is 5. The third-order valence-corrected chi connectivity index (χ3v) is 4.01. The first-order valence-electron chi connectivity index (χ1n) is 6.01. The second kappa shape index (κ2) is 4.70. The number of pyridine rings is 1. The fourth-order valence-corrected chi connectivity index (χ4v) is 2.95. The van der Waals surface area contributed by atoms with Crippen molar-refractivity contribution in [1.29, 1.82) is 0 Å². The van der Waals surface area contributed by atoms with Gasteiger partial charge in [0.05, 0.1) is 11.2 Å². The molecule has 0 aliphatic rings. The summed E-state index contributed by atoms with van der Waals surface area (Å²) < 4.78 is 5.16. The summed E-state index contributed by atoms with van der Waals surface area (Å²) in [7, 11) is 0. The number of hydrogen-bond donors (Lipinski definition) is 1. The first-order chi connectivity index (χ1) is 9.15. The van der Waals surface area contributed by atoms with Crippen molar-refractivity contribution in [2.24, 2.45) is 0 Å². The number of aromatic amines is 1. The molecule has 0 aromatic carbocycles. The molecule has 1 N–H and O–H groups in total. The Morgan fingerprint density at radius 2 is 2.16 bits per heavy atom. The zero-order valence-electron chi connectivity index (χ0n) is 11.0. The Morgan fingerprint density at radius 3 is 2.84 bits per heavy atom. The van der Waals surface area contributed by atoms with Gasteiger partial charge in [0.2, 0.25) is 0 Å². The van der Waals surface area contributed by atoms with Crippen LogP contribution in [-0.2, 0) is 5.75 Å². The molecule has 0 saturated carbocycles. The Labute approximate surface area is 114 Å². The molecule has 0 fully saturated rings. The molecule has 0 spiro atoms. The third-order valence-electron chi connectivity index (χ3n) is 3.11. The molecular formula is C13H14N4OS. The molecule has 0 amide bonds. The lowest BCUT2D eigenvalue weighted by Gasteiger charge is -1.96. The monoisotopic (exact) mass is 274 g/mol. The van der Waals surface area contributed by atoms with Gasteiger partial charge in [-0.25, -0.2) is 9.97 Å². The van der Waals surface area contributed by atoms with Crippen molar-refractivity contribution in [3.05, 3.63) is 34.8 Å². The van der Waals surface area contributed by atoms with Crippen molar-refractivity contribution in [1.82, 2.24) is 20.1 Å². The van der Waals surface area contributed by atoms with Crippen LogP contribution < -0.4 is 0 Å². The van der Waals surface area contributed by atoms with E-state index >= 15 is 0 Å². The highest BCUT2D eigenvalue weighted by Gasteiger charge is 2.11. The lowest BCUT2D eigenvalue weighted by molar-refractivity contribution is 0.392. The number of fused-ring (bicyclic) bond motifs is 1. The van der Waals surface area contributed by atoms with Crippen LogP contribution in [0.2, 0.25) is 0 Å². The number of thioether (sulfide) groups is 1. The number of rotatable bonds is 3. The molecule has 19 heavy (non-hydrogen) atoms. The molecule has 3 heterocycles. The maximum Gasteiger partial charge on any atom is 0.178 e. The summed E-state index contributed by atoms with van der Waals surface area (Å²) in [4.78, 5) is 12.0. The van der Waals surface area contributed by atoms with Gasteiger partial charge in [0.15, 0.2) is 10.8 Å². The number of aromatic nitrogens is 4. The highest BCUT2D eigenvalue weighted by Crippen LogP contribution is 2.26. The van der Waals surface area contributed by atoms with E-state index in [0.717, 1.165) is 44.7 Å². The molecule has 0 aliphatic carbocycles. The highest BCUT2D eigenvalue weighted by atomic mass is 32.2. The third kappa shape index (κ3) is 2.23. The van der Waals surface area contributed by atoms with E-state index in [0.29, 0.717) is 0 Å². The summed E-state index contributed by atoms with van der Waals surface area (Å²) in [6, 6.07) is 1.98. The second-order valence-corrected chi connectivity index (χ2v) is 5.42. The van der Waals surface area contributed by atoms with Crippen molar-refractivity contribution >= 4 is 22.9 Å². The quantitative estimate of drug-likeness (QED) is 0.743. The van der Waals surface area contributed by atoms with Crippen molar-refractivity contribution in [3.63, 3.8) is 0 Å². The van der Waals surface area contributed by atoms with Gasteiger partial charge in [0.1, 0.15) is 5.76 Å². The molecule has 0 aliphatic heterocycles. The van der Waals surface area contributed by atoms with Crippen molar-refractivity contribution in [2.45, 2.75) is 31.7 Å². The zero-order chi connectivity index (χ0) is 13.4. The number of nitrogens with one attached hydrogen (secondary N) is 1. The lowest BCUT2D eigenvalue weighted by atomic mass is 10.2. The minimum Gasteiger partial charge on any atom is -0.361 e. The maximum atomic E-state index is 5.16. The van der Waals surface area contributed by atoms with Gasteiger partial charge in [-0.1, -0.05) is 16.9 Å². The largest absolute Gasteiger partial charge is 0.361 e. The van der Waals surface area contributed by atoms with E-state index in [9.17, 15) is 0 Å². The number of nitrogens with zero attached hydrogens (tertiary/aromatic N) is 3. The molecule has 0 saturated heterocycles. The highest BCUT2D eigenvalue weighted by molar-refractivity contribution is 7.98. The van der Waals surface area contributed by atoms with Gasteiger partial charge in [-0.2, -0.15) is 0 Å². The molecule has 5 nitrogen and oxygen atoms in total. The summed E-state index contributed by atoms with van der Waals surface area (Å²) in [5.41, 5.74) is 5.00. The minimum absolute atomic E-state index is 0.765. The van der Waals surface area contributed by atoms with E-state index in [-0.39, 0.29) is 0 Å². The molecule has 0 radical (unpaired) electrons. The molecule has 98 valence electrons. The fraction of sp³-hybridized carbons (Fsp3) is 0.308. The van der Waals surface area contributed by atoms with Crippen molar-refractivity contribution in [2.75, 3.05) is 0 Å². The van der Waals surface area contributed by atoms with Crippen LogP contribution in [0.3, 0.4) is 0 Å². The summed E-state index contributed by atoms with van der Waals surface area (Å²) in [6.07, 6.45) is 1.78. The lowest BCUT2D eigenvalue weighted by Crippen LogP contribution is -1.85. The first kappa shape index (κ1) is 12.2. The molecular weight excluding hydrogens is 260 g/mol. The summed E-state index contributed by atoms with van der Waals surface area (Å²) in [5, 5.41) is 4.83. The van der Waals surface area contributed by atoms with Crippen LogP contribution >= 0.6 is 11.8 Å². The Hall–Kier alpha value is -1.82. The number of H-pyrrole nitrogens is 1. The first-order valence-corrected chi connectivity index (χ1v) is 6.99. The van der Waals surface area contributed by atoms with Gasteiger partial charge >= 0.3 is 0 Å². The molecule has 3 rings (SSSR count). The van der Waals surface area contributed by atoms with E-state index in [4.69, 9.17) is 4.52 Å². The van der Waals surface area contributed by atoms with E-state index in [1.54, 1.807) is 18.0 Å². The van der Waals surface area contributed by atoms with Crippen LogP contribution in [0.15, 0.2) is 21.9 Å². The Balaban J connectivity index is 1.84. The zero-order valence-corrected chi connectivity index (χ0v) is 11.8. The van der Waals surface area contributed by atoms with Crippen LogP contribution in [0.5, 0.6) is 0 Å². The molecule has 0 unspecified atom stereocenters. The molecule has 0 bridgehead atoms. The van der Waals surface area contributed by atoms with Crippen LogP contribution in [0, 0.1) is 20.8 Å². The average molecular weight is 274 g/mol. The van der Waals surface area contributed by atoms with Gasteiger partial charge in [0.25, 0.3) is 0 Å². The Kier molecular flexibility index (Phi) is 3.02. The average Bonchev–Trinajstić information content (AvgIpc) is 2.93. The molecule has 3 aromatic heterocycles. The predicted octanol–water partition coefficient (Wildman–Crippen LogP) is 3.16. The van der Waals surface area contributed by atoms with Gasteiger partial charge in [-0.3, -0.25) is 0 Å². The second-order valence-electron chi connectivity index (χ2n) is 4.46. The van der Waals surface area contributed by atoms with Gasteiger partial charge in [0, 0.05) is 17.5 Å². The van der Waals surface area contributed by atoms with E-state index in [1.165, 1.54) is 0 Å². The standard InChI is InChI=1S/C13H14N4OS/c1-7-4-5-14-12-11(7)15-13(16-12)19-6-10-8(2)17-18-9(10)3/h4-5H,6H2,1-3H3,(H,14,15,16). The predicted molar refractivity (Wildman–Crippen MR) is 74.2 cm³/mol. The van der Waals surface area contributed by atoms with E-state index < -0.39 is 0 Å². The van der Waals surface area contributed by atoms with Crippen molar-refractivity contribution < 1.29 is 4.52 Å². The Morgan fingerprint density at radius 1 is 1.32 bits per heavy atom. The van der Waals surface area contributed by atoms with Crippen LogP contribution in [0.1, 0.15) is 22.6 Å². The molecule has 0 atom stereocenters. The van der Waals surface area contributed by atoms with Crippen LogP contribution in [-0.4, -0.2) is 20.1 Å².